The van der Waals surface area contributed by atoms with Crippen LogP contribution in [0.15, 0.2) is 23.7 Å². The van der Waals surface area contributed by atoms with Crippen LogP contribution in [0.25, 0.3) is 5.65 Å². The van der Waals surface area contributed by atoms with Crippen LogP contribution in [0.4, 0.5) is 5.13 Å². The lowest BCUT2D eigenvalue weighted by atomic mass is 10.2. The van der Waals surface area contributed by atoms with E-state index in [0.717, 1.165) is 22.7 Å². The highest BCUT2D eigenvalue weighted by molar-refractivity contribution is 7.13. The van der Waals surface area contributed by atoms with Crippen molar-refractivity contribution >= 4 is 28.0 Å². The molecule has 0 aromatic carbocycles. The number of fused-ring (bicyclic) bond motifs is 1. The van der Waals surface area contributed by atoms with Crippen molar-refractivity contribution in [3.63, 3.8) is 0 Å². The van der Waals surface area contributed by atoms with Crippen molar-refractivity contribution in [2.24, 2.45) is 0 Å². The number of nitrogens with one attached hydrogen (secondary N) is 1. The van der Waals surface area contributed by atoms with Gasteiger partial charge in [-0.3, -0.25) is 9.20 Å². The van der Waals surface area contributed by atoms with Gasteiger partial charge in [0.05, 0.1) is 23.5 Å². The lowest BCUT2D eigenvalue weighted by Crippen LogP contribution is -2.05. The van der Waals surface area contributed by atoms with E-state index >= 15 is 0 Å². The molecule has 0 aliphatic carbocycles. The predicted molar refractivity (Wildman–Crippen MR) is 93.2 cm³/mol. The number of amides is 1. The quantitative estimate of drug-likeness (QED) is 0.725. The minimum atomic E-state index is -0.143. The van der Waals surface area contributed by atoms with E-state index in [4.69, 9.17) is 11.2 Å². The van der Waals surface area contributed by atoms with Crippen molar-refractivity contribution in [3.8, 4) is 18.1 Å². The van der Waals surface area contributed by atoms with Crippen LogP contribution in [0.3, 0.4) is 0 Å². The van der Waals surface area contributed by atoms with E-state index in [1.807, 2.05) is 35.0 Å². The number of hydrogen-bond donors (Lipinski definition) is 1. The Hall–Kier alpha value is -2.85. The Morgan fingerprint density at radius 2 is 2.33 bits per heavy atom. The molecule has 24 heavy (non-hydrogen) atoms. The molecule has 7 heteroatoms. The summed E-state index contributed by atoms with van der Waals surface area (Å²) in [6.07, 6.45) is 7.87. The molecule has 0 unspecified atom stereocenters. The number of rotatable bonds is 5. The van der Waals surface area contributed by atoms with E-state index in [1.165, 1.54) is 18.3 Å². The van der Waals surface area contributed by atoms with Gasteiger partial charge in [0.2, 0.25) is 5.91 Å². The number of pyridine rings is 1. The van der Waals surface area contributed by atoms with Gasteiger partial charge >= 0.3 is 0 Å². The lowest BCUT2D eigenvalue weighted by Gasteiger charge is -2.06. The fraction of sp³-hybridized carbons (Fsp3) is 0.235. The molecule has 1 N–H and O–H groups in total. The van der Waals surface area contributed by atoms with E-state index in [0.29, 0.717) is 23.9 Å². The second-order valence-corrected chi connectivity index (χ2v) is 6.06. The summed E-state index contributed by atoms with van der Waals surface area (Å²) in [4.78, 5) is 19.9. The molecule has 0 saturated carbocycles. The zero-order valence-electron chi connectivity index (χ0n) is 13.4. The Balaban J connectivity index is 1.80. The van der Waals surface area contributed by atoms with E-state index in [1.54, 1.807) is 0 Å². The van der Waals surface area contributed by atoms with Gasteiger partial charge in [0, 0.05) is 18.5 Å². The van der Waals surface area contributed by atoms with Crippen molar-refractivity contribution in [2.75, 3.05) is 5.32 Å². The van der Waals surface area contributed by atoms with Crippen LogP contribution in [0.2, 0.25) is 0 Å². The molecule has 1 amide bonds. The summed E-state index contributed by atoms with van der Waals surface area (Å²) < 4.78 is 7.82. The molecule has 0 aliphatic heterocycles. The maximum Gasteiger partial charge on any atom is 0.223 e. The third-order valence-electron chi connectivity index (χ3n) is 3.39. The highest BCUT2D eigenvalue weighted by Crippen LogP contribution is 2.24. The van der Waals surface area contributed by atoms with E-state index < -0.39 is 0 Å². The second kappa shape index (κ2) is 6.72. The van der Waals surface area contributed by atoms with Crippen LogP contribution >= 0.6 is 11.3 Å². The van der Waals surface area contributed by atoms with Crippen LogP contribution in [0.5, 0.6) is 5.75 Å². The molecule has 0 saturated heterocycles. The molecule has 3 rings (SSSR count). The first-order chi connectivity index (χ1) is 11.6. The topological polar surface area (TPSA) is 68.5 Å². The summed E-state index contributed by atoms with van der Waals surface area (Å²) in [5.74, 6) is 3.18. The SMILES string of the molecule is C#CCc1c(C)nc2c(OCc3csc(NC(C)=O)n3)cccn12. The molecule has 3 aromatic rings. The predicted octanol–water partition coefficient (Wildman–Crippen LogP) is 2.81. The van der Waals surface area contributed by atoms with Gasteiger partial charge in [-0.1, -0.05) is 0 Å². The first-order valence-electron chi connectivity index (χ1n) is 7.33. The minimum Gasteiger partial charge on any atom is -0.483 e. The van der Waals surface area contributed by atoms with Gasteiger partial charge in [-0.05, 0) is 19.1 Å². The third-order valence-corrected chi connectivity index (χ3v) is 4.20. The Morgan fingerprint density at radius 3 is 3.08 bits per heavy atom. The summed E-state index contributed by atoms with van der Waals surface area (Å²) in [6.45, 7) is 3.68. The summed E-state index contributed by atoms with van der Waals surface area (Å²) in [6, 6.07) is 3.76. The van der Waals surface area contributed by atoms with Crippen LogP contribution in [0, 0.1) is 19.3 Å². The normalized spacial score (nSPS) is 10.5. The van der Waals surface area contributed by atoms with Crippen molar-refractivity contribution in [2.45, 2.75) is 26.9 Å². The molecule has 0 fully saturated rings. The van der Waals surface area contributed by atoms with Crippen LogP contribution in [0.1, 0.15) is 24.0 Å². The highest BCUT2D eigenvalue weighted by Gasteiger charge is 2.12. The molecule has 3 heterocycles. The highest BCUT2D eigenvalue weighted by atomic mass is 32.1. The molecule has 0 spiro atoms. The van der Waals surface area contributed by atoms with Crippen molar-refractivity contribution in [1.29, 1.82) is 0 Å². The molecular weight excluding hydrogens is 324 g/mol. The zero-order valence-corrected chi connectivity index (χ0v) is 14.2. The van der Waals surface area contributed by atoms with E-state index in [9.17, 15) is 4.79 Å². The van der Waals surface area contributed by atoms with Gasteiger partial charge in [0.15, 0.2) is 16.5 Å². The zero-order chi connectivity index (χ0) is 17.1. The van der Waals surface area contributed by atoms with Gasteiger partial charge in [-0.15, -0.1) is 23.7 Å². The number of hydrogen-bond acceptors (Lipinski definition) is 5. The van der Waals surface area contributed by atoms with Gasteiger partial charge in [-0.25, -0.2) is 9.97 Å². The maximum absolute atomic E-state index is 11.0. The molecule has 0 bridgehead atoms. The molecule has 0 aliphatic rings. The van der Waals surface area contributed by atoms with Gasteiger partial charge in [-0.2, -0.15) is 0 Å². The molecule has 6 nitrogen and oxygen atoms in total. The minimum absolute atomic E-state index is 0.143. The average molecular weight is 340 g/mol. The van der Waals surface area contributed by atoms with Crippen LogP contribution < -0.4 is 10.1 Å². The van der Waals surface area contributed by atoms with Crippen LogP contribution in [-0.2, 0) is 17.8 Å². The number of terminal acetylenes is 1. The number of aryl methyl sites for hydroxylation is 1. The third kappa shape index (κ3) is 3.24. The standard InChI is InChI=1S/C17H16N4O2S/c1-4-6-14-11(2)18-16-15(7-5-8-21(14)16)23-9-13-10-24-17(20-13)19-12(3)22/h1,5,7-8,10H,6,9H2,2-3H3,(H,19,20,22). The van der Waals surface area contributed by atoms with Crippen LogP contribution in [-0.4, -0.2) is 20.3 Å². The molecule has 0 radical (unpaired) electrons. The maximum atomic E-state index is 11.0. The number of carbonyl (C=O) groups is 1. The Labute approximate surface area is 143 Å². The smallest absolute Gasteiger partial charge is 0.223 e. The fourth-order valence-corrected chi connectivity index (χ4v) is 3.10. The summed E-state index contributed by atoms with van der Waals surface area (Å²) >= 11 is 1.36. The number of anilines is 1. The second-order valence-electron chi connectivity index (χ2n) is 5.20. The lowest BCUT2D eigenvalue weighted by molar-refractivity contribution is -0.114. The fourth-order valence-electron chi connectivity index (χ4n) is 2.36. The largest absolute Gasteiger partial charge is 0.483 e. The number of nitrogens with zero attached hydrogens (tertiary/aromatic N) is 3. The number of imidazole rings is 1. The van der Waals surface area contributed by atoms with Gasteiger partial charge in [0.1, 0.15) is 6.61 Å². The molecule has 122 valence electrons. The van der Waals surface area contributed by atoms with E-state index in [2.05, 4.69) is 21.2 Å². The van der Waals surface area contributed by atoms with Crippen molar-refractivity contribution in [1.82, 2.24) is 14.4 Å². The number of aromatic nitrogens is 3. The Kier molecular flexibility index (Phi) is 4.49. The number of carbonyl (C=O) groups excluding carboxylic acids is 1. The van der Waals surface area contributed by atoms with Gasteiger partial charge in [0.25, 0.3) is 0 Å². The Morgan fingerprint density at radius 1 is 1.50 bits per heavy atom. The van der Waals surface area contributed by atoms with E-state index in [-0.39, 0.29) is 5.91 Å². The first-order valence-corrected chi connectivity index (χ1v) is 8.21. The van der Waals surface area contributed by atoms with Crippen molar-refractivity contribution < 1.29 is 9.53 Å². The summed E-state index contributed by atoms with van der Waals surface area (Å²) in [5.41, 5.74) is 3.36. The van der Waals surface area contributed by atoms with Crippen molar-refractivity contribution in [3.05, 3.63) is 40.8 Å². The molecule has 3 aromatic heterocycles. The summed E-state index contributed by atoms with van der Waals surface area (Å²) in [5, 5.41) is 5.07. The molecular formula is C17H16N4O2S. The summed E-state index contributed by atoms with van der Waals surface area (Å²) in [7, 11) is 0. The number of ether oxygens (including phenoxy) is 1. The number of thiazole rings is 1. The first kappa shape index (κ1) is 16.0. The average Bonchev–Trinajstić information content (AvgIpc) is 3.10. The molecule has 0 atom stereocenters. The van der Waals surface area contributed by atoms with Gasteiger partial charge < -0.3 is 10.1 Å². The monoisotopic (exact) mass is 340 g/mol. The Bertz CT molecular complexity index is 936.